The maximum absolute atomic E-state index is 12.8. The average molecular weight is 375 g/mol. The summed E-state index contributed by atoms with van der Waals surface area (Å²) in [7, 11) is 0. The number of carbonyl (C=O) groups is 1. The number of anilines is 2. The summed E-state index contributed by atoms with van der Waals surface area (Å²) in [6.45, 7) is 6.40. The lowest BCUT2D eigenvalue weighted by Crippen LogP contribution is -2.50. The molecular formula is C20H21N7O. The highest BCUT2D eigenvalue weighted by Crippen LogP contribution is 2.26. The highest BCUT2D eigenvalue weighted by molar-refractivity contribution is 5.94. The highest BCUT2D eigenvalue weighted by Gasteiger charge is 2.24. The molecule has 0 bridgehead atoms. The maximum atomic E-state index is 12.8. The summed E-state index contributed by atoms with van der Waals surface area (Å²) in [6.07, 6.45) is 3.35. The van der Waals surface area contributed by atoms with Gasteiger partial charge in [0.1, 0.15) is 11.9 Å². The normalized spacial score (nSPS) is 14.2. The van der Waals surface area contributed by atoms with Gasteiger partial charge in [-0.25, -0.2) is 14.8 Å². The molecule has 8 nitrogen and oxygen atoms in total. The lowest BCUT2D eigenvalue weighted by molar-refractivity contribution is 0.208. The minimum Gasteiger partial charge on any atom is -0.352 e. The number of aromatic nitrogens is 3. The first-order chi connectivity index (χ1) is 13.6. The number of nitrogens with zero attached hydrogens (tertiary/aromatic N) is 5. The zero-order valence-corrected chi connectivity index (χ0v) is 15.9. The standard InChI is InChI=1S/C20H21N7O/c1-13-14(2)18-17(23-12-24-18)10-16(13)25-20(28)27-8-6-26(7-9-27)19-15(11-21)4-3-5-22-19/h3-5,10,12H,6-9H2,1-2H3,(H,23,24)(H,25,28). The van der Waals surface area contributed by atoms with Crippen LogP contribution in [0.3, 0.4) is 0 Å². The van der Waals surface area contributed by atoms with Gasteiger partial charge in [-0.3, -0.25) is 0 Å². The Morgan fingerprint density at radius 2 is 2.00 bits per heavy atom. The molecule has 1 aromatic carbocycles. The number of piperazine rings is 1. The highest BCUT2D eigenvalue weighted by atomic mass is 16.2. The summed E-state index contributed by atoms with van der Waals surface area (Å²) in [5, 5.41) is 12.3. The van der Waals surface area contributed by atoms with Gasteiger partial charge >= 0.3 is 6.03 Å². The maximum Gasteiger partial charge on any atom is 0.321 e. The number of aromatic amines is 1. The van der Waals surface area contributed by atoms with Crippen LogP contribution in [-0.2, 0) is 0 Å². The SMILES string of the molecule is Cc1c(NC(=O)N2CCN(c3ncccc3C#N)CC2)cc2[nH]cnc2c1C. The summed E-state index contributed by atoms with van der Waals surface area (Å²) < 4.78 is 0. The summed E-state index contributed by atoms with van der Waals surface area (Å²) in [5.74, 6) is 0.682. The second kappa shape index (κ2) is 7.19. The molecule has 2 N–H and O–H groups in total. The Labute approximate surface area is 162 Å². The molecule has 3 heterocycles. The number of carbonyl (C=O) groups excluding carboxylic acids is 1. The van der Waals surface area contributed by atoms with E-state index >= 15 is 0 Å². The van der Waals surface area contributed by atoms with Crippen molar-refractivity contribution in [2.45, 2.75) is 13.8 Å². The Morgan fingerprint density at radius 1 is 1.21 bits per heavy atom. The number of H-pyrrole nitrogens is 1. The van der Waals surface area contributed by atoms with Crippen LogP contribution in [0.4, 0.5) is 16.3 Å². The predicted molar refractivity (Wildman–Crippen MR) is 107 cm³/mol. The molecular weight excluding hydrogens is 354 g/mol. The summed E-state index contributed by atoms with van der Waals surface area (Å²) in [4.78, 5) is 28.4. The van der Waals surface area contributed by atoms with Crippen LogP contribution < -0.4 is 10.2 Å². The molecule has 8 heteroatoms. The van der Waals surface area contributed by atoms with Gasteiger partial charge in [-0.2, -0.15) is 5.26 Å². The fourth-order valence-electron chi connectivity index (χ4n) is 3.53. The number of amides is 2. The Morgan fingerprint density at radius 3 is 2.75 bits per heavy atom. The summed E-state index contributed by atoms with van der Waals surface area (Å²) in [5.41, 5.74) is 5.24. The van der Waals surface area contributed by atoms with E-state index in [1.54, 1.807) is 29.6 Å². The minimum absolute atomic E-state index is 0.123. The third-order valence-electron chi connectivity index (χ3n) is 5.29. The van der Waals surface area contributed by atoms with Crippen molar-refractivity contribution < 1.29 is 4.79 Å². The largest absolute Gasteiger partial charge is 0.352 e. The third-order valence-corrected chi connectivity index (χ3v) is 5.29. The van der Waals surface area contributed by atoms with Crippen molar-refractivity contribution in [1.29, 1.82) is 5.26 Å². The Balaban J connectivity index is 1.45. The van der Waals surface area contributed by atoms with Crippen molar-refractivity contribution in [3.05, 3.63) is 47.4 Å². The first kappa shape index (κ1) is 17.8. The number of nitriles is 1. The predicted octanol–water partition coefficient (Wildman–Crippen LogP) is 2.80. The molecule has 1 saturated heterocycles. The minimum atomic E-state index is -0.123. The molecule has 2 amide bonds. The number of nitrogens with one attached hydrogen (secondary N) is 2. The van der Waals surface area contributed by atoms with E-state index < -0.39 is 0 Å². The van der Waals surface area contributed by atoms with Gasteiger partial charge in [0.2, 0.25) is 0 Å². The zero-order chi connectivity index (χ0) is 19.7. The lowest BCUT2D eigenvalue weighted by atomic mass is 10.1. The van der Waals surface area contributed by atoms with Crippen LogP contribution in [0.15, 0.2) is 30.7 Å². The molecule has 1 aliphatic heterocycles. The van der Waals surface area contributed by atoms with Crippen LogP contribution in [0, 0.1) is 25.2 Å². The zero-order valence-electron chi connectivity index (χ0n) is 15.9. The monoisotopic (exact) mass is 375 g/mol. The number of fused-ring (bicyclic) bond motifs is 1. The van der Waals surface area contributed by atoms with Crippen LogP contribution in [0.25, 0.3) is 11.0 Å². The van der Waals surface area contributed by atoms with E-state index in [0.29, 0.717) is 37.6 Å². The van der Waals surface area contributed by atoms with Crippen molar-refractivity contribution in [3.63, 3.8) is 0 Å². The molecule has 0 aliphatic carbocycles. The lowest BCUT2D eigenvalue weighted by Gasteiger charge is -2.35. The molecule has 142 valence electrons. The molecule has 1 fully saturated rings. The number of pyridine rings is 1. The van der Waals surface area contributed by atoms with Gasteiger partial charge < -0.3 is 20.1 Å². The van der Waals surface area contributed by atoms with Gasteiger partial charge in [-0.05, 0) is 43.2 Å². The van der Waals surface area contributed by atoms with Crippen LogP contribution in [0.1, 0.15) is 16.7 Å². The van der Waals surface area contributed by atoms with E-state index in [9.17, 15) is 10.1 Å². The molecule has 2 aromatic heterocycles. The smallest absolute Gasteiger partial charge is 0.321 e. The Bertz CT molecular complexity index is 1070. The molecule has 4 rings (SSSR count). The van der Waals surface area contributed by atoms with E-state index in [2.05, 4.69) is 26.3 Å². The summed E-state index contributed by atoms with van der Waals surface area (Å²) in [6, 6.07) is 7.50. The van der Waals surface area contributed by atoms with Crippen LogP contribution in [0.2, 0.25) is 0 Å². The first-order valence-corrected chi connectivity index (χ1v) is 9.17. The van der Waals surface area contributed by atoms with Crippen molar-refractivity contribution in [2.75, 3.05) is 36.4 Å². The number of aryl methyl sites for hydroxylation is 1. The van der Waals surface area contributed by atoms with Gasteiger partial charge in [0.15, 0.2) is 0 Å². The fourth-order valence-corrected chi connectivity index (χ4v) is 3.53. The number of hydrogen-bond acceptors (Lipinski definition) is 5. The number of urea groups is 1. The number of imidazole rings is 1. The van der Waals surface area contributed by atoms with Crippen molar-refractivity contribution in [1.82, 2.24) is 19.9 Å². The quantitative estimate of drug-likeness (QED) is 0.717. The molecule has 0 spiro atoms. The van der Waals surface area contributed by atoms with Crippen LogP contribution in [0.5, 0.6) is 0 Å². The van der Waals surface area contributed by atoms with Crippen molar-refractivity contribution in [3.8, 4) is 6.07 Å². The van der Waals surface area contributed by atoms with Crippen LogP contribution in [-0.4, -0.2) is 52.1 Å². The van der Waals surface area contributed by atoms with E-state index in [1.807, 2.05) is 24.8 Å². The molecule has 0 unspecified atom stereocenters. The van der Waals surface area contributed by atoms with Gasteiger partial charge in [0.25, 0.3) is 0 Å². The van der Waals surface area contributed by atoms with E-state index in [4.69, 9.17) is 0 Å². The summed E-state index contributed by atoms with van der Waals surface area (Å²) >= 11 is 0. The van der Waals surface area contributed by atoms with Gasteiger partial charge in [0, 0.05) is 38.1 Å². The first-order valence-electron chi connectivity index (χ1n) is 9.17. The van der Waals surface area contributed by atoms with Crippen LogP contribution >= 0.6 is 0 Å². The Hall–Kier alpha value is -3.60. The van der Waals surface area contributed by atoms with Crippen molar-refractivity contribution in [2.24, 2.45) is 0 Å². The second-order valence-electron chi connectivity index (χ2n) is 6.86. The molecule has 28 heavy (non-hydrogen) atoms. The second-order valence-corrected chi connectivity index (χ2v) is 6.86. The van der Waals surface area contributed by atoms with E-state index in [0.717, 1.165) is 27.8 Å². The average Bonchev–Trinajstić information content (AvgIpc) is 3.20. The molecule has 0 saturated carbocycles. The third kappa shape index (κ3) is 3.11. The molecule has 3 aromatic rings. The number of benzene rings is 1. The van der Waals surface area contributed by atoms with E-state index in [1.165, 1.54) is 0 Å². The Kier molecular flexibility index (Phi) is 4.57. The molecule has 1 aliphatic rings. The van der Waals surface area contributed by atoms with Gasteiger partial charge in [0.05, 0.1) is 22.9 Å². The van der Waals surface area contributed by atoms with Gasteiger partial charge in [-0.15, -0.1) is 0 Å². The fraction of sp³-hybridized carbons (Fsp3) is 0.300. The van der Waals surface area contributed by atoms with Gasteiger partial charge in [-0.1, -0.05) is 0 Å². The topological polar surface area (TPSA) is 101 Å². The number of rotatable bonds is 2. The molecule has 0 atom stereocenters. The van der Waals surface area contributed by atoms with E-state index in [-0.39, 0.29) is 6.03 Å². The van der Waals surface area contributed by atoms with Crippen molar-refractivity contribution >= 4 is 28.6 Å². The molecule has 0 radical (unpaired) electrons. The number of hydrogen-bond donors (Lipinski definition) is 2.